The van der Waals surface area contributed by atoms with Crippen molar-refractivity contribution in [2.75, 3.05) is 0 Å². The molecule has 4 aromatic rings. The molecule has 0 radical (unpaired) electrons. The first kappa shape index (κ1) is 26.9. The molecule has 0 aromatic heterocycles. The van der Waals surface area contributed by atoms with Crippen molar-refractivity contribution >= 4 is 0 Å². The van der Waals surface area contributed by atoms with Crippen molar-refractivity contribution in [1.29, 1.82) is 0 Å². The van der Waals surface area contributed by atoms with Crippen molar-refractivity contribution in [3.63, 3.8) is 0 Å². The zero-order valence-corrected chi connectivity index (χ0v) is 21.9. The summed E-state index contributed by atoms with van der Waals surface area (Å²) in [7, 11) is 0. The van der Waals surface area contributed by atoms with Gasteiger partial charge in [0, 0.05) is 0 Å². The van der Waals surface area contributed by atoms with E-state index in [1.807, 2.05) is 0 Å². The molecule has 0 heterocycles. The quantitative estimate of drug-likeness (QED) is 0.147. The smallest absolute Gasteiger partial charge is 0.157 e. The second-order valence-corrected chi connectivity index (χ2v) is 10.4. The molecule has 0 atom stereocenters. The van der Waals surface area contributed by atoms with Gasteiger partial charge in [0.05, 0.1) is 0 Å². The zero-order valence-electron chi connectivity index (χ0n) is 21.9. The first-order valence-corrected chi connectivity index (χ1v) is 13.2. The van der Waals surface area contributed by atoms with E-state index in [9.17, 15) is 40.9 Å². The SMILES string of the molecule is Oc1cc2c(cc1O)CCc1cc(O)c(O)cc1CCc1cc(O)c(O)cc1CCc1cc(O)c(O)cc1CC2. The molecule has 0 unspecified atom stereocenters. The Labute approximate surface area is 231 Å². The summed E-state index contributed by atoms with van der Waals surface area (Å²) >= 11 is 0. The van der Waals surface area contributed by atoms with Gasteiger partial charge in [-0.05, 0) is 144 Å². The first-order chi connectivity index (χ1) is 19.1. The van der Waals surface area contributed by atoms with Gasteiger partial charge in [-0.25, -0.2) is 0 Å². The highest BCUT2D eigenvalue weighted by molar-refractivity contribution is 5.51. The number of hydrogen-bond donors (Lipinski definition) is 8. The largest absolute Gasteiger partial charge is 0.504 e. The number of phenols is 8. The molecule has 0 saturated carbocycles. The number of phenolic OH excluding ortho intramolecular Hbond substituents is 8. The van der Waals surface area contributed by atoms with Crippen LogP contribution >= 0.6 is 0 Å². The van der Waals surface area contributed by atoms with Gasteiger partial charge in [0.25, 0.3) is 0 Å². The molecule has 8 heteroatoms. The summed E-state index contributed by atoms with van der Waals surface area (Å²) < 4.78 is 0. The Balaban J connectivity index is 1.61. The average Bonchev–Trinajstić information content (AvgIpc) is 2.91. The summed E-state index contributed by atoms with van der Waals surface area (Å²) in [5.41, 5.74) is 6.53. The maximum atomic E-state index is 10.2. The Bertz CT molecular complexity index is 1240. The number of benzene rings is 4. The van der Waals surface area contributed by atoms with Crippen molar-refractivity contribution in [3.8, 4) is 46.0 Å². The highest BCUT2D eigenvalue weighted by Gasteiger charge is 2.17. The molecular weight excluding hydrogens is 512 g/mol. The monoisotopic (exact) mass is 544 g/mol. The van der Waals surface area contributed by atoms with Crippen molar-refractivity contribution in [1.82, 2.24) is 0 Å². The lowest BCUT2D eigenvalue weighted by Crippen LogP contribution is -2.06. The highest BCUT2D eigenvalue weighted by Crippen LogP contribution is 2.36. The minimum atomic E-state index is -0.232. The number of hydrogen-bond acceptors (Lipinski definition) is 8. The van der Waals surface area contributed by atoms with Crippen LogP contribution in [0.5, 0.6) is 46.0 Å². The predicted octanol–water partition coefficient (Wildman–Crippen LogP) is 4.79. The first-order valence-electron chi connectivity index (χ1n) is 13.2. The fraction of sp³-hybridized carbons (Fsp3) is 0.250. The maximum Gasteiger partial charge on any atom is 0.157 e. The number of aromatic hydroxyl groups is 8. The van der Waals surface area contributed by atoms with E-state index in [1.54, 1.807) is 0 Å². The van der Waals surface area contributed by atoms with E-state index in [1.165, 1.54) is 48.5 Å². The molecule has 0 fully saturated rings. The van der Waals surface area contributed by atoms with Crippen LogP contribution in [0.4, 0.5) is 0 Å². The summed E-state index contributed by atoms with van der Waals surface area (Å²) in [5, 5.41) is 81.8. The third kappa shape index (κ3) is 5.52. The topological polar surface area (TPSA) is 162 Å². The van der Waals surface area contributed by atoms with E-state index in [-0.39, 0.29) is 46.0 Å². The number of fused-ring (bicyclic) bond motifs is 4. The summed E-state index contributed by atoms with van der Waals surface area (Å²) in [4.78, 5) is 0. The molecule has 208 valence electrons. The van der Waals surface area contributed by atoms with Crippen LogP contribution in [0.25, 0.3) is 0 Å². The molecule has 0 aliphatic heterocycles. The summed E-state index contributed by atoms with van der Waals surface area (Å²) in [5.74, 6) is -1.86. The van der Waals surface area contributed by atoms with Gasteiger partial charge < -0.3 is 40.9 Å². The lowest BCUT2D eigenvalue weighted by molar-refractivity contribution is 0.401. The normalized spacial score (nSPS) is 14.0. The van der Waals surface area contributed by atoms with Gasteiger partial charge in [0.2, 0.25) is 0 Å². The van der Waals surface area contributed by atoms with Crippen LogP contribution in [0, 0.1) is 0 Å². The number of rotatable bonds is 0. The van der Waals surface area contributed by atoms with Crippen LogP contribution in [-0.2, 0) is 51.4 Å². The van der Waals surface area contributed by atoms with Crippen molar-refractivity contribution in [2.24, 2.45) is 0 Å². The summed E-state index contributed by atoms with van der Waals surface area (Å²) in [6, 6.07) is 12.3. The molecule has 0 saturated heterocycles. The van der Waals surface area contributed by atoms with Crippen LogP contribution in [0.2, 0.25) is 0 Å². The Hall–Kier alpha value is -4.72. The van der Waals surface area contributed by atoms with Gasteiger partial charge in [0.1, 0.15) is 0 Å². The maximum absolute atomic E-state index is 10.2. The predicted molar refractivity (Wildman–Crippen MR) is 149 cm³/mol. The van der Waals surface area contributed by atoms with Crippen molar-refractivity contribution in [2.45, 2.75) is 51.4 Å². The van der Waals surface area contributed by atoms with Crippen molar-refractivity contribution in [3.05, 3.63) is 93.0 Å². The molecule has 0 spiro atoms. The van der Waals surface area contributed by atoms with Gasteiger partial charge in [-0.2, -0.15) is 0 Å². The zero-order chi connectivity index (χ0) is 28.6. The van der Waals surface area contributed by atoms with E-state index < -0.39 is 0 Å². The highest BCUT2D eigenvalue weighted by atomic mass is 16.3. The van der Waals surface area contributed by atoms with Crippen LogP contribution in [0.15, 0.2) is 48.5 Å². The second-order valence-electron chi connectivity index (χ2n) is 10.4. The third-order valence-corrected chi connectivity index (χ3v) is 7.84. The molecule has 40 heavy (non-hydrogen) atoms. The minimum Gasteiger partial charge on any atom is -0.504 e. The summed E-state index contributed by atoms with van der Waals surface area (Å²) in [6.07, 6.45) is 3.88. The Morgan fingerprint density at radius 3 is 0.425 bits per heavy atom. The molecule has 1 aliphatic rings. The van der Waals surface area contributed by atoms with E-state index in [4.69, 9.17) is 0 Å². The Morgan fingerprint density at radius 2 is 0.325 bits per heavy atom. The third-order valence-electron chi connectivity index (χ3n) is 7.84. The van der Waals surface area contributed by atoms with Crippen LogP contribution < -0.4 is 0 Å². The van der Waals surface area contributed by atoms with Crippen molar-refractivity contribution < 1.29 is 40.9 Å². The van der Waals surface area contributed by atoms with E-state index in [2.05, 4.69) is 0 Å². The number of aryl methyl sites for hydroxylation is 8. The van der Waals surface area contributed by atoms with Crippen LogP contribution in [0.3, 0.4) is 0 Å². The van der Waals surface area contributed by atoms with Gasteiger partial charge in [-0.1, -0.05) is 0 Å². The molecule has 5 rings (SSSR count). The molecule has 4 aromatic carbocycles. The van der Waals surface area contributed by atoms with Gasteiger partial charge in [0.15, 0.2) is 46.0 Å². The van der Waals surface area contributed by atoms with Gasteiger partial charge in [-0.15, -0.1) is 0 Å². The van der Waals surface area contributed by atoms with Gasteiger partial charge >= 0.3 is 0 Å². The molecule has 8 N–H and O–H groups in total. The molecule has 8 nitrogen and oxygen atoms in total. The van der Waals surface area contributed by atoms with Crippen LogP contribution in [0.1, 0.15) is 44.5 Å². The standard InChI is InChI=1S/C32H32O8/c33-25-9-17-1-2-18-10-26(34)28(36)12-20(18)5-6-22-14-30(38)32(40)16-24(22)8-7-23-15-31(39)29(37)13-21(23)4-3-19(17)11-27(25)35/h9-16,33-40H,1-8H2. The molecular formula is C32H32O8. The lowest BCUT2D eigenvalue weighted by Gasteiger charge is -2.18. The van der Waals surface area contributed by atoms with E-state index in [0.29, 0.717) is 51.4 Å². The summed E-state index contributed by atoms with van der Waals surface area (Å²) in [6.45, 7) is 0. The van der Waals surface area contributed by atoms with E-state index >= 15 is 0 Å². The second kappa shape index (κ2) is 10.8. The molecule has 0 bridgehead atoms. The Morgan fingerprint density at radius 1 is 0.225 bits per heavy atom. The minimum absolute atomic E-state index is 0.232. The fourth-order valence-electron chi connectivity index (χ4n) is 5.59. The lowest BCUT2D eigenvalue weighted by atomic mass is 9.88. The average molecular weight is 545 g/mol. The Kier molecular flexibility index (Phi) is 7.26. The fourth-order valence-corrected chi connectivity index (χ4v) is 5.59. The molecule has 0 amide bonds. The van der Waals surface area contributed by atoms with Gasteiger partial charge in [-0.3, -0.25) is 0 Å². The van der Waals surface area contributed by atoms with E-state index in [0.717, 1.165) is 44.5 Å². The van der Waals surface area contributed by atoms with Crippen LogP contribution in [-0.4, -0.2) is 40.9 Å². The molecule has 1 aliphatic carbocycles.